The van der Waals surface area contributed by atoms with Gasteiger partial charge in [-0.2, -0.15) is 0 Å². The van der Waals surface area contributed by atoms with Gasteiger partial charge in [-0.25, -0.2) is 4.90 Å². The van der Waals surface area contributed by atoms with E-state index in [4.69, 9.17) is 9.47 Å². The molecule has 2 saturated carbocycles. The van der Waals surface area contributed by atoms with Gasteiger partial charge >= 0.3 is 5.97 Å². The van der Waals surface area contributed by atoms with Crippen molar-refractivity contribution in [3.63, 3.8) is 0 Å². The lowest BCUT2D eigenvalue weighted by Gasteiger charge is -2.37. The van der Waals surface area contributed by atoms with E-state index in [1.807, 2.05) is 6.92 Å². The van der Waals surface area contributed by atoms with Crippen LogP contribution in [0, 0.1) is 48.3 Å². The van der Waals surface area contributed by atoms with Crippen LogP contribution in [-0.4, -0.2) is 37.3 Å². The zero-order valence-electron chi connectivity index (χ0n) is 21.2. The van der Waals surface area contributed by atoms with Gasteiger partial charge in [-0.15, -0.1) is 0 Å². The molecule has 0 unspecified atom stereocenters. The summed E-state index contributed by atoms with van der Waals surface area (Å²) in [6.07, 6.45) is 5.50. The van der Waals surface area contributed by atoms with Gasteiger partial charge in [-0.3, -0.25) is 19.2 Å². The number of carbonyl (C=O) groups excluding carboxylic acids is 4. The average molecular weight is 513 g/mol. The molecule has 2 heterocycles. The van der Waals surface area contributed by atoms with Crippen LogP contribution in [0.15, 0.2) is 54.6 Å². The molecule has 2 aromatic carbocycles. The fourth-order valence-corrected chi connectivity index (χ4v) is 7.23. The highest BCUT2D eigenvalue weighted by molar-refractivity contribution is 6.23. The second kappa shape index (κ2) is 8.28. The molecule has 4 fully saturated rings. The molecule has 7 atom stereocenters. The van der Waals surface area contributed by atoms with E-state index in [0.29, 0.717) is 40.3 Å². The second-order valence-corrected chi connectivity index (χ2v) is 11.1. The van der Waals surface area contributed by atoms with Gasteiger partial charge in [0.25, 0.3) is 0 Å². The quantitative estimate of drug-likeness (QED) is 0.263. The lowest BCUT2D eigenvalue weighted by atomic mass is 9.63. The first kappa shape index (κ1) is 23.2. The van der Waals surface area contributed by atoms with E-state index in [-0.39, 0.29) is 54.4 Å². The van der Waals surface area contributed by atoms with Crippen molar-refractivity contribution in [3.05, 3.63) is 60.2 Å². The lowest BCUT2D eigenvalue weighted by molar-refractivity contribution is -0.139. The molecule has 8 nitrogen and oxygen atoms in total. The highest BCUT2D eigenvalue weighted by Crippen LogP contribution is 2.65. The largest absolute Gasteiger partial charge is 0.497 e. The van der Waals surface area contributed by atoms with Gasteiger partial charge in [-0.05, 0) is 72.9 Å². The van der Waals surface area contributed by atoms with E-state index in [1.165, 1.54) is 4.90 Å². The Bertz CT molecular complexity index is 1400. The molecule has 38 heavy (non-hydrogen) atoms. The summed E-state index contributed by atoms with van der Waals surface area (Å²) in [4.78, 5) is 55.4. The number of esters is 1. The van der Waals surface area contributed by atoms with Crippen LogP contribution < -0.4 is 19.3 Å². The Labute approximate surface area is 220 Å². The Morgan fingerprint density at radius 3 is 2.29 bits per heavy atom. The minimum absolute atomic E-state index is 0.0605. The molecule has 0 radical (unpaired) electrons. The molecule has 194 valence electrons. The Morgan fingerprint density at radius 2 is 1.63 bits per heavy atom. The van der Waals surface area contributed by atoms with Crippen molar-refractivity contribution in [2.24, 2.45) is 41.4 Å². The van der Waals surface area contributed by atoms with Crippen LogP contribution in [0.25, 0.3) is 0 Å². The summed E-state index contributed by atoms with van der Waals surface area (Å²) in [5, 5.41) is 0. The number of rotatable bonds is 5. The van der Waals surface area contributed by atoms with Crippen molar-refractivity contribution in [1.82, 2.24) is 0 Å². The third-order valence-corrected chi connectivity index (χ3v) is 9.11. The maximum Gasteiger partial charge on any atom is 0.316 e. The van der Waals surface area contributed by atoms with E-state index in [1.54, 1.807) is 54.5 Å². The SMILES string of the molecule is COc1cccc(N2C[C@H](C(=O)Oc3ccc(N4C(=O)[C@@H]5[C@H]6C=C[C@@H]([C@@H]7C[C@H]67)[C@H]5C4=O)c(C)c3)CC2=O)c1. The van der Waals surface area contributed by atoms with Gasteiger partial charge in [0.15, 0.2) is 0 Å². The van der Waals surface area contributed by atoms with Crippen LogP contribution >= 0.6 is 0 Å². The molecule has 2 saturated heterocycles. The van der Waals surface area contributed by atoms with Gasteiger partial charge < -0.3 is 14.4 Å². The number of hydrogen-bond donors (Lipinski definition) is 0. The third-order valence-electron chi connectivity index (χ3n) is 9.11. The molecule has 2 aromatic rings. The Kier molecular flexibility index (Phi) is 5.05. The average Bonchev–Trinajstić information content (AvgIpc) is 3.60. The number of carbonyl (C=O) groups is 4. The highest BCUT2D eigenvalue weighted by Gasteiger charge is 2.67. The Hall–Kier alpha value is -3.94. The highest BCUT2D eigenvalue weighted by atomic mass is 16.5. The summed E-state index contributed by atoms with van der Waals surface area (Å²) in [7, 11) is 1.56. The van der Waals surface area contributed by atoms with Gasteiger partial charge in [0.1, 0.15) is 11.5 Å². The van der Waals surface area contributed by atoms with Gasteiger partial charge in [0.2, 0.25) is 17.7 Å². The van der Waals surface area contributed by atoms with Crippen LogP contribution in [0.5, 0.6) is 11.5 Å². The van der Waals surface area contributed by atoms with Crippen LogP contribution in [0.1, 0.15) is 18.4 Å². The van der Waals surface area contributed by atoms with Crippen LogP contribution in [-0.2, 0) is 19.2 Å². The summed E-state index contributed by atoms with van der Waals surface area (Å²) < 4.78 is 10.9. The molecular formula is C30H28N2O6. The number of benzene rings is 2. The Morgan fingerprint density at radius 1 is 0.921 bits per heavy atom. The lowest BCUT2D eigenvalue weighted by Crippen LogP contribution is -2.40. The monoisotopic (exact) mass is 512 g/mol. The number of allylic oxidation sites excluding steroid dienone is 2. The molecule has 2 bridgehead atoms. The molecule has 8 heteroatoms. The van der Waals surface area contributed by atoms with Crippen LogP contribution in [0.3, 0.4) is 0 Å². The molecule has 0 spiro atoms. The standard InChI is InChI=1S/C30H28N2O6/c1-15-10-19(38-30(36)16-11-25(33)31(14-16)17-4-3-5-18(12-17)37-2)6-9-24(15)32-28(34)26-20-7-8-21(23-13-22(20)23)27(26)29(32)35/h3-10,12,16,20-23,26-27H,11,13-14H2,1-2H3/t16-,20+,21+,22-,23+,26-,27-/m1/s1. The summed E-state index contributed by atoms with van der Waals surface area (Å²) in [6.45, 7) is 2.03. The minimum Gasteiger partial charge on any atom is -0.497 e. The van der Waals surface area contributed by atoms with E-state index in [0.717, 1.165) is 6.42 Å². The number of amides is 3. The number of nitrogens with zero attached hydrogens (tertiary/aromatic N) is 2. The number of ether oxygens (including phenoxy) is 2. The predicted octanol–water partition coefficient (Wildman–Crippen LogP) is 3.52. The van der Waals surface area contributed by atoms with Crippen molar-refractivity contribution in [1.29, 1.82) is 0 Å². The van der Waals surface area contributed by atoms with Gasteiger partial charge in [-0.1, -0.05) is 18.2 Å². The number of hydrogen-bond acceptors (Lipinski definition) is 6. The number of aryl methyl sites for hydroxylation is 1. The number of anilines is 2. The van der Waals surface area contributed by atoms with Gasteiger partial charge in [0.05, 0.1) is 30.6 Å². The zero-order chi connectivity index (χ0) is 26.3. The first-order chi connectivity index (χ1) is 18.4. The van der Waals surface area contributed by atoms with Crippen LogP contribution in [0.2, 0.25) is 0 Å². The fraction of sp³-hybridized carbons (Fsp3) is 0.400. The predicted molar refractivity (Wildman–Crippen MR) is 137 cm³/mol. The van der Waals surface area contributed by atoms with E-state index >= 15 is 0 Å². The molecule has 3 amide bonds. The summed E-state index contributed by atoms with van der Waals surface area (Å²) in [5.74, 6) is 0.405. The molecule has 0 N–H and O–H groups in total. The molecule has 8 rings (SSSR count). The molecular weight excluding hydrogens is 484 g/mol. The van der Waals surface area contributed by atoms with Crippen molar-refractivity contribution >= 4 is 35.1 Å². The van der Waals surface area contributed by atoms with E-state index < -0.39 is 11.9 Å². The van der Waals surface area contributed by atoms with Crippen molar-refractivity contribution < 1.29 is 28.7 Å². The molecule has 6 aliphatic rings. The summed E-state index contributed by atoms with van der Waals surface area (Å²) in [6, 6.07) is 12.1. The fourth-order valence-electron chi connectivity index (χ4n) is 7.23. The Balaban J connectivity index is 1.06. The van der Waals surface area contributed by atoms with Crippen molar-refractivity contribution in [2.45, 2.75) is 19.8 Å². The third kappa shape index (κ3) is 3.35. The molecule has 2 aliphatic heterocycles. The first-order valence-electron chi connectivity index (χ1n) is 13.2. The smallest absolute Gasteiger partial charge is 0.316 e. The normalized spacial score (nSPS) is 32.5. The molecule has 0 aromatic heterocycles. The van der Waals surface area contributed by atoms with Gasteiger partial charge in [0, 0.05) is 24.7 Å². The number of imide groups is 1. The first-order valence-corrected chi connectivity index (χ1v) is 13.2. The van der Waals surface area contributed by atoms with Crippen LogP contribution in [0.4, 0.5) is 11.4 Å². The summed E-state index contributed by atoms with van der Waals surface area (Å²) in [5.41, 5.74) is 1.90. The number of methoxy groups -OCH3 is 1. The minimum atomic E-state index is -0.604. The van der Waals surface area contributed by atoms with E-state index in [9.17, 15) is 19.2 Å². The zero-order valence-corrected chi connectivity index (χ0v) is 21.2. The van der Waals surface area contributed by atoms with Crippen molar-refractivity contribution in [3.8, 4) is 11.5 Å². The van der Waals surface area contributed by atoms with E-state index in [2.05, 4.69) is 12.2 Å². The maximum atomic E-state index is 13.5. The topological polar surface area (TPSA) is 93.2 Å². The molecule has 4 aliphatic carbocycles. The summed E-state index contributed by atoms with van der Waals surface area (Å²) >= 11 is 0. The maximum absolute atomic E-state index is 13.5. The van der Waals surface area contributed by atoms with Crippen molar-refractivity contribution in [2.75, 3.05) is 23.5 Å². The second-order valence-electron chi connectivity index (χ2n) is 11.1.